The van der Waals surface area contributed by atoms with E-state index in [1.165, 1.54) is 21.3 Å². The molecule has 3 aliphatic heterocycles. The summed E-state index contributed by atoms with van der Waals surface area (Å²) in [5.41, 5.74) is 7.06. The second kappa shape index (κ2) is 17.4. The molecule has 342 valence electrons. The number of hydrogen-bond acceptors (Lipinski definition) is 11. The number of imidazole rings is 2. The second-order valence-electron chi connectivity index (χ2n) is 17.7. The van der Waals surface area contributed by atoms with Crippen molar-refractivity contribution in [2.75, 3.05) is 41.6 Å². The van der Waals surface area contributed by atoms with E-state index in [9.17, 15) is 19.2 Å². The van der Waals surface area contributed by atoms with Crippen LogP contribution >= 0.6 is 0 Å². The van der Waals surface area contributed by atoms with Crippen molar-refractivity contribution >= 4 is 45.8 Å². The zero-order valence-corrected chi connectivity index (χ0v) is 37.3. The van der Waals surface area contributed by atoms with Crippen LogP contribution in [0.1, 0.15) is 67.1 Å². The number of H-pyrrole nitrogens is 2. The van der Waals surface area contributed by atoms with Gasteiger partial charge in [-0.2, -0.15) is 0 Å². The first-order valence-electron chi connectivity index (χ1n) is 22.2. The number of rotatable bonds is 12. The predicted molar refractivity (Wildman–Crippen MR) is 242 cm³/mol. The molecule has 17 heteroatoms. The number of nitrogens with zero attached hydrogens (tertiary/aromatic N) is 4. The number of carbonyl (C=O) groups excluding carboxylic acids is 4. The number of methoxy groups -OCH3 is 4. The summed E-state index contributed by atoms with van der Waals surface area (Å²) in [7, 11) is 5.71. The third-order valence-corrected chi connectivity index (χ3v) is 13.7. The summed E-state index contributed by atoms with van der Waals surface area (Å²) in [5, 5.41) is 7.36. The number of carbonyl (C=O) groups is 4. The maximum atomic E-state index is 14.4. The minimum absolute atomic E-state index is 0.0557. The highest BCUT2D eigenvalue weighted by Crippen LogP contribution is 2.53. The lowest BCUT2D eigenvalue weighted by molar-refractivity contribution is -0.139. The van der Waals surface area contributed by atoms with Gasteiger partial charge in [0.25, 0.3) is 5.91 Å². The number of fused-ring (bicyclic) bond motifs is 7. The molecule has 1 aliphatic carbocycles. The van der Waals surface area contributed by atoms with E-state index in [1.807, 2.05) is 41.3 Å². The van der Waals surface area contributed by atoms with E-state index in [2.05, 4.69) is 57.0 Å². The van der Waals surface area contributed by atoms with Crippen molar-refractivity contribution in [3.63, 3.8) is 0 Å². The van der Waals surface area contributed by atoms with Crippen molar-refractivity contribution in [1.29, 1.82) is 0 Å². The zero-order chi connectivity index (χ0) is 45.8. The molecule has 0 spiro atoms. The number of amides is 4. The van der Waals surface area contributed by atoms with Gasteiger partial charge < -0.3 is 54.1 Å². The lowest BCUT2D eigenvalue weighted by atomic mass is 9.92. The number of nitrogens with one attached hydrogen (secondary N) is 4. The van der Waals surface area contributed by atoms with Crippen LogP contribution in [0.5, 0.6) is 5.75 Å². The molecule has 6 aromatic rings. The van der Waals surface area contributed by atoms with Gasteiger partial charge in [-0.1, -0.05) is 48.5 Å². The van der Waals surface area contributed by atoms with E-state index in [-0.39, 0.29) is 29.8 Å². The van der Waals surface area contributed by atoms with E-state index in [1.54, 1.807) is 25.1 Å². The maximum Gasteiger partial charge on any atom is 0.407 e. The Morgan fingerprint density at radius 2 is 1.65 bits per heavy atom. The fourth-order valence-electron chi connectivity index (χ4n) is 10.2. The molecule has 4 N–H and O–H groups in total. The second-order valence-corrected chi connectivity index (χ2v) is 17.7. The van der Waals surface area contributed by atoms with Gasteiger partial charge in [0.05, 0.1) is 61.9 Å². The summed E-state index contributed by atoms with van der Waals surface area (Å²) < 4.78 is 27.2. The van der Waals surface area contributed by atoms with Gasteiger partial charge in [0.2, 0.25) is 5.91 Å². The number of alkyl carbamates (subject to hydrolysis) is 2. The molecule has 17 nitrogen and oxygen atoms in total. The first kappa shape index (κ1) is 42.9. The molecule has 2 unspecified atom stereocenters. The van der Waals surface area contributed by atoms with E-state index < -0.39 is 36.4 Å². The molecular weight excluding hydrogens is 845 g/mol. The van der Waals surface area contributed by atoms with Crippen LogP contribution in [0, 0.1) is 11.8 Å². The lowest BCUT2D eigenvalue weighted by Gasteiger charge is -2.32. The van der Waals surface area contributed by atoms with Crippen LogP contribution in [0.25, 0.3) is 44.2 Å². The molecule has 3 fully saturated rings. The Kier molecular flexibility index (Phi) is 11.3. The van der Waals surface area contributed by atoms with E-state index >= 15 is 0 Å². The predicted octanol–water partition coefficient (Wildman–Crippen LogP) is 6.72. The highest BCUT2D eigenvalue weighted by molar-refractivity contribution is 6.07. The van der Waals surface area contributed by atoms with Gasteiger partial charge in [-0.3, -0.25) is 9.59 Å². The Hall–Kier alpha value is -6.98. The van der Waals surface area contributed by atoms with E-state index in [0.717, 1.165) is 68.3 Å². The van der Waals surface area contributed by atoms with Gasteiger partial charge in [-0.25, -0.2) is 19.6 Å². The van der Waals surface area contributed by atoms with Crippen LogP contribution in [0.4, 0.5) is 9.59 Å². The van der Waals surface area contributed by atoms with Crippen molar-refractivity contribution in [1.82, 2.24) is 40.4 Å². The molecule has 0 bridgehead atoms. The van der Waals surface area contributed by atoms with Gasteiger partial charge >= 0.3 is 12.2 Å². The normalized spacial score (nSPS) is 21.9. The van der Waals surface area contributed by atoms with Crippen molar-refractivity contribution in [2.45, 2.75) is 69.1 Å². The SMILES string of the molecule is COC[C@H]1C[C@@H](c2nc3ccc4cc5c(cc4c3[nH]2)OCc2cc(-c3cnc([C@@H]4CC6CC6N4C(=O)[C@@H](NC(=O)OC)[C@@H](C)OC)[nH]3)ccc2-5)N(C(=O)[C@H](NC(=O)OC)c2ccccc2)C1. The van der Waals surface area contributed by atoms with Crippen molar-refractivity contribution in [3.05, 3.63) is 102 Å². The Morgan fingerprint density at radius 1 is 0.848 bits per heavy atom. The molecule has 4 amide bonds. The van der Waals surface area contributed by atoms with Gasteiger partial charge in [0.1, 0.15) is 36.1 Å². The Balaban J connectivity index is 0.912. The lowest BCUT2D eigenvalue weighted by Crippen LogP contribution is -2.54. The minimum atomic E-state index is -0.958. The molecule has 0 radical (unpaired) electrons. The first-order valence-corrected chi connectivity index (χ1v) is 22.2. The third kappa shape index (κ3) is 7.74. The monoisotopic (exact) mass is 896 g/mol. The van der Waals surface area contributed by atoms with Gasteiger partial charge in [-0.15, -0.1) is 0 Å². The summed E-state index contributed by atoms with van der Waals surface area (Å²) in [6.07, 6.45) is 2.17. The number of hydrogen-bond donors (Lipinski definition) is 4. The number of likely N-dealkylation sites (tertiary alicyclic amines) is 2. The van der Waals surface area contributed by atoms with Crippen LogP contribution < -0.4 is 15.4 Å². The van der Waals surface area contributed by atoms with Crippen molar-refractivity contribution < 1.29 is 42.9 Å². The molecule has 10 rings (SSSR count). The smallest absolute Gasteiger partial charge is 0.407 e. The quantitative estimate of drug-likeness (QED) is 0.102. The fraction of sp³-hybridized carbons (Fsp3) is 0.388. The number of ether oxygens (including phenoxy) is 5. The molecule has 2 saturated heterocycles. The summed E-state index contributed by atoms with van der Waals surface area (Å²) >= 11 is 0. The van der Waals surface area contributed by atoms with Gasteiger partial charge in [0.15, 0.2) is 0 Å². The molecule has 1 saturated carbocycles. The van der Waals surface area contributed by atoms with E-state index in [0.29, 0.717) is 49.3 Å². The number of piperidine rings is 1. The first-order chi connectivity index (χ1) is 32.1. The van der Waals surface area contributed by atoms with Gasteiger partial charge in [0, 0.05) is 43.7 Å². The molecule has 66 heavy (non-hydrogen) atoms. The molecule has 8 atom stereocenters. The maximum absolute atomic E-state index is 14.4. The standard InChI is InChI=1S/C49H52N8O9/c1-25(63-3)41(54-48(60)64-4)47(59)57-37-18-30(37)19-39(57)44-50-21-36(52-44)29-11-13-32-31(16-29)24-66-40-20-33-28(17-34(32)40)12-14-35-43(33)53-45(51-35)38-15-26(23-62-2)22-56(38)46(58)42(55-49(61)65-5)27-9-7-6-8-10-27/h6-14,16-17,20-21,25-26,30,37-39,41-42H,15,18-19,22-24H2,1-5H3,(H,50,52)(H,51,53)(H,54,60)(H,55,61)/t25-,26+,30?,37?,38+,39+,41+,42-/m1/s1. The Bertz CT molecular complexity index is 2850. The van der Waals surface area contributed by atoms with Crippen LogP contribution in [-0.4, -0.2) is 114 Å². The highest BCUT2D eigenvalue weighted by Gasteiger charge is 2.56. The van der Waals surface area contributed by atoms with Crippen molar-refractivity contribution in [3.8, 4) is 28.1 Å². The number of aromatic amines is 2. The summed E-state index contributed by atoms with van der Waals surface area (Å²) in [6, 6.07) is 21.2. The molecule has 4 aliphatic rings. The Morgan fingerprint density at radius 3 is 2.42 bits per heavy atom. The largest absolute Gasteiger partial charge is 0.488 e. The summed E-state index contributed by atoms with van der Waals surface area (Å²) in [4.78, 5) is 73.7. The highest BCUT2D eigenvalue weighted by atomic mass is 16.5. The van der Waals surface area contributed by atoms with Crippen LogP contribution in [0.2, 0.25) is 0 Å². The third-order valence-electron chi connectivity index (χ3n) is 13.7. The van der Waals surface area contributed by atoms with Crippen LogP contribution in [0.15, 0.2) is 79.0 Å². The van der Waals surface area contributed by atoms with Crippen LogP contribution in [0.3, 0.4) is 0 Å². The molecule has 5 heterocycles. The van der Waals surface area contributed by atoms with Crippen LogP contribution in [-0.2, 0) is 35.1 Å². The number of aromatic nitrogens is 4. The zero-order valence-electron chi connectivity index (χ0n) is 37.3. The fourth-order valence-corrected chi connectivity index (χ4v) is 10.2. The minimum Gasteiger partial charge on any atom is -0.488 e. The summed E-state index contributed by atoms with van der Waals surface area (Å²) in [5.74, 6) is 2.05. The molecule has 4 aromatic carbocycles. The molecule has 2 aromatic heterocycles. The average molecular weight is 897 g/mol. The Labute approximate surface area is 380 Å². The van der Waals surface area contributed by atoms with Crippen molar-refractivity contribution in [2.24, 2.45) is 11.8 Å². The van der Waals surface area contributed by atoms with E-state index in [4.69, 9.17) is 33.7 Å². The topological polar surface area (TPSA) is 202 Å². The summed E-state index contributed by atoms with van der Waals surface area (Å²) in [6.45, 7) is 3.00. The number of benzene rings is 4. The average Bonchev–Trinajstić information content (AvgIpc) is 3.81. The van der Waals surface area contributed by atoms with Gasteiger partial charge in [-0.05, 0) is 84.0 Å². The molecular formula is C49H52N8O9.